The fourth-order valence-electron chi connectivity index (χ4n) is 4.65. The van der Waals surface area contributed by atoms with Crippen LogP contribution in [0.15, 0.2) is 36.7 Å². The number of sulfone groups is 1. The van der Waals surface area contributed by atoms with Crippen LogP contribution >= 0.6 is 11.6 Å². The van der Waals surface area contributed by atoms with Gasteiger partial charge in [-0.2, -0.15) is 0 Å². The Labute approximate surface area is 218 Å². The molecule has 8 nitrogen and oxygen atoms in total. The summed E-state index contributed by atoms with van der Waals surface area (Å²) in [4.78, 5) is 17.3. The molecule has 1 aliphatic heterocycles. The minimum atomic E-state index is -3.23. The maximum Gasteiger partial charge on any atom is 0.272 e. The van der Waals surface area contributed by atoms with Gasteiger partial charge in [0.15, 0.2) is 15.6 Å². The van der Waals surface area contributed by atoms with Gasteiger partial charge in [0.2, 0.25) is 0 Å². The summed E-state index contributed by atoms with van der Waals surface area (Å²) in [5, 5.41) is 3.25. The first-order valence-corrected chi connectivity index (χ1v) is 13.6. The van der Waals surface area contributed by atoms with E-state index in [0.29, 0.717) is 29.8 Å². The highest BCUT2D eigenvalue weighted by atomic mass is 35.5. The molecule has 12 heteroatoms. The summed E-state index contributed by atoms with van der Waals surface area (Å²) in [5.74, 6) is -0.0159. The van der Waals surface area contributed by atoms with Crippen LogP contribution in [0.5, 0.6) is 17.4 Å². The van der Waals surface area contributed by atoms with Crippen molar-refractivity contribution in [3.8, 4) is 17.4 Å². The molecule has 0 saturated carbocycles. The van der Waals surface area contributed by atoms with Gasteiger partial charge in [0.1, 0.15) is 12.4 Å². The number of halogens is 3. The third-order valence-electron chi connectivity index (χ3n) is 6.60. The summed E-state index contributed by atoms with van der Waals surface area (Å²) in [5.41, 5.74) is 1.14. The first-order valence-electron chi connectivity index (χ1n) is 11.6. The molecule has 3 aromatic rings. The fraction of sp³-hybridized carbons (Fsp3) is 0.440. The highest BCUT2D eigenvalue weighted by molar-refractivity contribution is 7.92. The maximum atomic E-state index is 13.3. The monoisotopic (exact) mass is 555 g/mol. The number of nitrogens with zero attached hydrogens (tertiary/aromatic N) is 2. The Balaban J connectivity index is 1.57. The van der Waals surface area contributed by atoms with E-state index in [0.717, 1.165) is 5.52 Å². The average Bonchev–Trinajstić information content (AvgIpc) is 3.13. The Morgan fingerprint density at radius 1 is 1.27 bits per heavy atom. The molecule has 1 amide bonds. The number of hydrogen-bond acceptors (Lipinski definition) is 6. The standard InChI is InChI=1S/C25H28ClF2N3O5S/c1-15-19(22(32)30-25(4)7-8-37(33,34)24(2,3)14-25)10-17-5-6-18(12-31(15)17)36-23-20(35-13-21(27)28)9-16(26)11-29-23/h5-6,9-12,21H,7-8,13-14H2,1-4H3,(H,30,32). The number of fused-ring (bicyclic) bond motifs is 1. The minimum Gasteiger partial charge on any atom is -0.482 e. The third-order valence-corrected chi connectivity index (χ3v) is 9.38. The van der Waals surface area contributed by atoms with E-state index in [1.165, 1.54) is 12.3 Å². The Hall–Kier alpha value is -2.92. The van der Waals surface area contributed by atoms with Crippen LogP contribution in [0.3, 0.4) is 0 Å². The summed E-state index contributed by atoms with van der Waals surface area (Å²) in [6, 6.07) is 6.47. The van der Waals surface area contributed by atoms with Gasteiger partial charge in [-0.3, -0.25) is 4.79 Å². The number of carbonyl (C=O) groups is 1. The van der Waals surface area contributed by atoms with E-state index >= 15 is 0 Å². The van der Waals surface area contributed by atoms with Gasteiger partial charge >= 0.3 is 0 Å². The Bertz CT molecular complexity index is 1460. The Morgan fingerprint density at radius 2 is 2.00 bits per heavy atom. The number of alkyl halides is 2. The van der Waals surface area contributed by atoms with Gasteiger partial charge in [-0.1, -0.05) is 11.6 Å². The molecule has 0 bridgehead atoms. The van der Waals surface area contributed by atoms with E-state index in [1.54, 1.807) is 49.6 Å². The van der Waals surface area contributed by atoms with Crippen LogP contribution < -0.4 is 14.8 Å². The van der Waals surface area contributed by atoms with Gasteiger partial charge in [0, 0.05) is 29.0 Å². The lowest BCUT2D eigenvalue weighted by Crippen LogP contribution is -2.57. The summed E-state index contributed by atoms with van der Waals surface area (Å²) in [6.07, 6.45) is 0.919. The lowest BCUT2D eigenvalue weighted by Gasteiger charge is -2.42. The molecule has 1 atom stereocenters. The number of aryl methyl sites for hydroxylation is 1. The van der Waals surface area contributed by atoms with Crippen LogP contribution in [0.1, 0.15) is 49.7 Å². The van der Waals surface area contributed by atoms with Crippen LogP contribution in [0.4, 0.5) is 8.78 Å². The predicted octanol–water partition coefficient (Wildman–Crippen LogP) is 5.21. The molecular weight excluding hydrogens is 528 g/mol. The molecule has 1 unspecified atom stereocenters. The van der Waals surface area contributed by atoms with Crippen LogP contribution in [0, 0.1) is 6.92 Å². The SMILES string of the molecule is Cc1c(C(=O)NC2(C)CCS(=O)(=O)C(C)(C)C2)cc2ccc(Oc3ncc(Cl)cc3OCC(F)F)cn12. The normalized spacial score (nSPS) is 20.6. The molecule has 1 fully saturated rings. The lowest BCUT2D eigenvalue weighted by molar-refractivity contribution is 0.0804. The molecule has 1 N–H and O–H groups in total. The number of rotatable bonds is 7. The van der Waals surface area contributed by atoms with E-state index < -0.39 is 33.2 Å². The Kier molecular flexibility index (Phi) is 7.15. The smallest absolute Gasteiger partial charge is 0.272 e. The average molecular weight is 556 g/mol. The molecule has 0 spiro atoms. The first-order chi connectivity index (χ1) is 17.2. The van der Waals surface area contributed by atoms with Gasteiger partial charge in [-0.15, -0.1) is 0 Å². The van der Waals surface area contributed by atoms with Crippen molar-refractivity contribution in [2.45, 2.75) is 57.2 Å². The van der Waals surface area contributed by atoms with Crippen LogP contribution in [-0.2, 0) is 9.84 Å². The van der Waals surface area contributed by atoms with Gasteiger partial charge in [0.05, 0.1) is 27.3 Å². The zero-order valence-electron chi connectivity index (χ0n) is 20.8. The topological polar surface area (TPSA) is 99.0 Å². The van der Waals surface area contributed by atoms with E-state index in [1.807, 2.05) is 6.92 Å². The number of hydrogen-bond donors (Lipinski definition) is 1. The summed E-state index contributed by atoms with van der Waals surface area (Å²) in [7, 11) is -3.23. The molecule has 0 radical (unpaired) electrons. The van der Waals surface area contributed by atoms with E-state index in [9.17, 15) is 22.0 Å². The van der Waals surface area contributed by atoms with E-state index in [-0.39, 0.29) is 28.3 Å². The number of amides is 1. The van der Waals surface area contributed by atoms with E-state index in [2.05, 4.69) is 10.3 Å². The molecule has 200 valence electrons. The number of aromatic nitrogens is 2. The molecule has 0 aromatic carbocycles. The van der Waals surface area contributed by atoms with Crippen LogP contribution in [0.2, 0.25) is 5.02 Å². The molecule has 0 aliphatic carbocycles. The highest BCUT2D eigenvalue weighted by Gasteiger charge is 2.47. The molecule has 1 aliphatic rings. The molecule has 37 heavy (non-hydrogen) atoms. The zero-order valence-corrected chi connectivity index (χ0v) is 22.4. The van der Waals surface area contributed by atoms with Crippen LogP contribution in [-0.4, -0.2) is 52.8 Å². The highest BCUT2D eigenvalue weighted by Crippen LogP contribution is 2.37. The van der Waals surface area contributed by atoms with Crippen molar-refractivity contribution in [3.63, 3.8) is 0 Å². The van der Waals surface area contributed by atoms with Crippen molar-refractivity contribution in [2.24, 2.45) is 0 Å². The molecule has 1 saturated heterocycles. The van der Waals surface area contributed by atoms with Crippen molar-refractivity contribution >= 4 is 32.9 Å². The Morgan fingerprint density at radius 3 is 2.68 bits per heavy atom. The second-order valence-electron chi connectivity index (χ2n) is 10.1. The van der Waals surface area contributed by atoms with Gasteiger partial charge in [-0.25, -0.2) is 22.2 Å². The zero-order chi connectivity index (χ0) is 27.2. The van der Waals surface area contributed by atoms with E-state index in [4.69, 9.17) is 21.1 Å². The molecule has 3 aromatic heterocycles. The molecule has 4 heterocycles. The largest absolute Gasteiger partial charge is 0.482 e. The van der Waals surface area contributed by atoms with Gasteiger partial charge in [0.25, 0.3) is 18.2 Å². The van der Waals surface area contributed by atoms with Crippen molar-refractivity contribution in [1.82, 2.24) is 14.7 Å². The maximum absolute atomic E-state index is 13.3. The predicted molar refractivity (Wildman–Crippen MR) is 136 cm³/mol. The van der Waals surface area contributed by atoms with Crippen molar-refractivity contribution < 1.29 is 31.5 Å². The van der Waals surface area contributed by atoms with Crippen molar-refractivity contribution in [2.75, 3.05) is 12.4 Å². The quantitative estimate of drug-likeness (QED) is 0.430. The van der Waals surface area contributed by atoms with Crippen molar-refractivity contribution in [1.29, 1.82) is 0 Å². The lowest BCUT2D eigenvalue weighted by atomic mass is 9.86. The third kappa shape index (κ3) is 5.67. The van der Waals surface area contributed by atoms with Crippen molar-refractivity contribution in [3.05, 3.63) is 52.9 Å². The number of carbonyl (C=O) groups excluding carboxylic acids is 1. The second-order valence-corrected chi connectivity index (χ2v) is 13.3. The molecular formula is C25H28ClF2N3O5S. The molecule has 4 rings (SSSR count). The minimum absolute atomic E-state index is 0.00987. The second kappa shape index (κ2) is 9.75. The number of ether oxygens (including phenoxy) is 2. The van der Waals surface area contributed by atoms with Crippen LogP contribution in [0.25, 0.3) is 5.52 Å². The summed E-state index contributed by atoms with van der Waals surface area (Å²) < 4.78 is 61.8. The van der Waals surface area contributed by atoms with Gasteiger partial charge < -0.3 is 19.2 Å². The summed E-state index contributed by atoms with van der Waals surface area (Å²) in [6.45, 7) is 6.18. The number of nitrogens with one attached hydrogen (secondary N) is 1. The number of pyridine rings is 2. The fourth-order valence-corrected chi connectivity index (χ4v) is 6.61. The van der Waals surface area contributed by atoms with Gasteiger partial charge in [-0.05, 0) is 58.7 Å². The summed E-state index contributed by atoms with van der Waals surface area (Å²) >= 11 is 5.92. The first kappa shape index (κ1) is 27.1.